The van der Waals surface area contributed by atoms with Gasteiger partial charge in [0.15, 0.2) is 0 Å². The summed E-state index contributed by atoms with van der Waals surface area (Å²) in [4.78, 5) is 69.4. The van der Waals surface area contributed by atoms with Crippen LogP contribution in [-0.2, 0) is 28.8 Å². The van der Waals surface area contributed by atoms with Crippen LogP contribution in [0.4, 0.5) is 0 Å². The first-order valence-electron chi connectivity index (χ1n) is 9.32. The Hall–Kier alpha value is -3.22. The predicted molar refractivity (Wildman–Crippen MR) is 99.2 cm³/mol. The van der Waals surface area contributed by atoms with Crippen molar-refractivity contribution in [3.05, 3.63) is 0 Å². The maximum absolute atomic E-state index is 12.5. The molecular weight excluding hydrogens is 404 g/mol. The number of carboxylic acid groups (broad SMARTS) is 3. The molecule has 0 spiro atoms. The molecule has 7 N–H and O–H groups in total. The van der Waals surface area contributed by atoms with Gasteiger partial charge in [0.05, 0.1) is 12.5 Å². The van der Waals surface area contributed by atoms with Crippen molar-refractivity contribution >= 4 is 35.6 Å². The van der Waals surface area contributed by atoms with Crippen LogP contribution in [0.1, 0.15) is 39.0 Å². The molecule has 0 saturated carbocycles. The van der Waals surface area contributed by atoms with Crippen molar-refractivity contribution in [3.63, 3.8) is 0 Å². The third kappa shape index (κ3) is 8.43. The number of carbonyl (C=O) groups excluding carboxylic acids is 3. The number of carboxylic acids is 3. The van der Waals surface area contributed by atoms with Crippen LogP contribution in [0.15, 0.2) is 0 Å². The molecule has 168 valence electrons. The molecule has 13 nitrogen and oxygen atoms in total. The Bertz CT molecular complexity index is 691. The normalized spacial score (nSPS) is 18.5. The van der Waals surface area contributed by atoms with Gasteiger partial charge in [-0.3, -0.25) is 24.0 Å². The second-order valence-corrected chi connectivity index (χ2v) is 6.87. The van der Waals surface area contributed by atoms with E-state index in [2.05, 4.69) is 16.0 Å². The molecule has 1 aliphatic heterocycles. The van der Waals surface area contributed by atoms with Gasteiger partial charge in [-0.15, -0.1) is 0 Å². The van der Waals surface area contributed by atoms with Crippen LogP contribution in [0.3, 0.4) is 0 Å². The van der Waals surface area contributed by atoms with E-state index in [9.17, 15) is 28.8 Å². The topological polar surface area (TPSA) is 211 Å². The molecule has 13 heteroatoms. The number of rotatable bonds is 12. The predicted octanol–water partition coefficient (Wildman–Crippen LogP) is -2.36. The van der Waals surface area contributed by atoms with Gasteiger partial charge in [-0.1, -0.05) is 0 Å². The van der Waals surface area contributed by atoms with E-state index in [1.54, 1.807) is 0 Å². The fraction of sp³-hybridized carbons (Fsp3) is 0.647. The molecular formula is C17H26N4O9. The van der Waals surface area contributed by atoms with Crippen LogP contribution in [0.2, 0.25) is 0 Å². The molecule has 0 bridgehead atoms. The van der Waals surface area contributed by atoms with Gasteiger partial charge in [-0.2, -0.15) is 0 Å². The molecule has 4 unspecified atom stereocenters. The molecule has 0 aliphatic carbocycles. The summed E-state index contributed by atoms with van der Waals surface area (Å²) < 4.78 is 0. The van der Waals surface area contributed by atoms with E-state index in [1.165, 1.54) is 6.92 Å². The Kier molecular flexibility index (Phi) is 9.68. The van der Waals surface area contributed by atoms with E-state index >= 15 is 0 Å². The lowest BCUT2D eigenvalue weighted by Crippen LogP contribution is -2.56. The molecule has 1 saturated heterocycles. The molecule has 3 amide bonds. The second-order valence-electron chi connectivity index (χ2n) is 6.87. The van der Waals surface area contributed by atoms with Crippen molar-refractivity contribution in [1.29, 1.82) is 0 Å². The average molecular weight is 430 g/mol. The zero-order chi connectivity index (χ0) is 22.8. The van der Waals surface area contributed by atoms with Gasteiger partial charge < -0.3 is 36.6 Å². The SMILES string of the molecule is CC(NC(=O)C(CCC(=O)O)NC(=O)C1CCCN1)C(=O)NC(CC(=O)O)C(=O)O. The quantitative estimate of drug-likeness (QED) is 0.175. The Labute approximate surface area is 171 Å². The molecule has 1 heterocycles. The first-order valence-corrected chi connectivity index (χ1v) is 9.32. The van der Waals surface area contributed by atoms with Crippen LogP contribution in [0.5, 0.6) is 0 Å². The summed E-state index contributed by atoms with van der Waals surface area (Å²) in [6.07, 6.45) is -0.130. The fourth-order valence-electron chi connectivity index (χ4n) is 2.77. The highest BCUT2D eigenvalue weighted by Gasteiger charge is 2.30. The number of carbonyl (C=O) groups is 6. The number of hydrogen-bond acceptors (Lipinski definition) is 7. The van der Waals surface area contributed by atoms with Gasteiger partial charge in [0, 0.05) is 6.42 Å². The highest BCUT2D eigenvalue weighted by molar-refractivity contribution is 5.94. The van der Waals surface area contributed by atoms with Crippen LogP contribution >= 0.6 is 0 Å². The summed E-state index contributed by atoms with van der Waals surface area (Å²) >= 11 is 0. The summed E-state index contributed by atoms with van der Waals surface area (Å²) in [5, 5.41) is 36.2. The van der Waals surface area contributed by atoms with Crippen LogP contribution < -0.4 is 21.3 Å². The molecule has 1 aliphatic rings. The monoisotopic (exact) mass is 430 g/mol. The first-order chi connectivity index (χ1) is 14.0. The number of amides is 3. The Morgan fingerprint density at radius 1 is 0.933 bits per heavy atom. The van der Waals surface area contributed by atoms with Gasteiger partial charge in [0.25, 0.3) is 0 Å². The highest BCUT2D eigenvalue weighted by atomic mass is 16.4. The van der Waals surface area contributed by atoms with Crippen molar-refractivity contribution in [3.8, 4) is 0 Å². The number of aliphatic carboxylic acids is 3. The van der Waals surface area contributed by atoms with Gasteiger partial charge >= 0.3 is 17.9 Å². The largest absolute Gasteiger partial charge is 0.481 e. The summed E-state index contributed by atoms with van der Waals surface area (Å²) in [7, 11) is 0. The highest BCUT2D eigenvalue weighted by Crippen LogP contribution is 2.07. The molecule has 30 heavy (non-hydrogen) atoms. The standard InChI is InChI=1S/C17H26N4O9/c1-8(14(26)21-11(17(29)30)7-13(24)25)19-16(28)10(4-5-12(22)23)20-15(27)9-3-2-6-18-9/h8-11,18H,2-7H2,1H3,(H,19,28)(H,20,27)(H,21,26)(H,22,23)(H,24,25)(H,29,30). The van der Waals surface area contributed by atoms with Crippen LogP contribution in [0.25, 0.3) is 0 Å². The van der Waals surface area contributed by atoms with Crippen molar-refractivity contribution in [2.24, 2.45) is 0 Å². The van der Waals surface area contributed by atoms with E-state index < -0.39 is 72.6 Å². The molecule has 1 fully saturated rings. The smallest absolute Gasteiger partial charge is 0.326 e. The molecule has 1 rings (SSSR count). The fourth-order valence-corrected chi connectivity index (χ4v) is 2.77. The zero-order valence-electron chi connectivity index (χ0n) is 16.3. The van der Waals surface area contributed by atoms with Gasteiger partial charge in [0.1, 0.15) is 18.1 Å². The first kappa shape index (κ1) is 24.8. The Morgan fingerprint density at radius 3 is 2.10 bits per heavy atom. The minimum atomic E-state index is -1.69. The Balaban J connectivity index is 2.73. The minimum Gasteiger partial charge on any atom is -0.481 e. The lowest BCUT2D eigenvalue weighted by molar-refractivity contribution is -0.147. The van der Waals surface area contributed by atoms with E-state index in [0.717, 1.165) is 6.42 Å². The van der Waals surface area contributed by atoms with Crippen molar-refractivity contribution in [2.75, 3.05) is 6.54 Å². The van der Waals surface area contributed by atoms with Crippen LogP contribution in [0, 0.1) is 0 Å². The molecule has 4 atom stereocenters. The second kappa shape index (κ2) is 11.7. The van der Waals surface area contributed by atoms with E-state index in [1.807, 2.05) is 5.32 Å². The minimum absolute atomic E-state index is 0.218. The van der Waals surface area contributed by atoms with Crippen molar-refractivity contribution < 1.29 is 44.1 Å². The summed E-state index contributed by atoms with van der Waals surface area (Å²) in [5.41, 5.74) is 0. The molecule has 0 aromatic rings. The summed E-state index contributed by atoms with van der Waals surface area (Å²) in [6, 6.07) is -4.67. The van der Waals surface area contributed by atoms with Crippen molar-refractivity contribution in [2.45, 2.75) is 63.2 Å². The molecule has 0 aromatic heterocycles. The maximum Gasteiger partial charge on any atom is 0.326 e. The molecule has 0 radical (unpaired) electrons. The summed E-state index contributed by atoms with van der Waals surface area (Å²) in [5.74, 6) is -6.41. The lowest BCUT2D eigenvalue weighted by Gasteiger charge is -2.23. The van der Waals surface area contributed by atoms with Gasteiger partial charge in [-0.05, 0) is 32.7 Å². The van der Waals surface area contributed by atoms with Gasteiger partial charge in [0.2, 0.25) is 17.7 Å². The number of nitrogens with one attached hydrogen (secondary N) is 4. The Morgan fingerprint density at radius 2 is 1.60 bits per heavy atom. The van der Waals surface area contributed by atoms with Crippen LogP contribution in [-0.4, -0.2) is 81.7 Å². The third-order valence-corrected chi connectivity index (χ3v) is 4.40. The van der Waals surface area contributed by atoms with Gasteiger partial charge in [-0.25, -0.2) is 4.79 Å². The zero-order valence-corrected chi connectivity index (χ0v) is 16.3. The maximum atomic E-state index is 12.5. The van der Waals surface area contributed by atoms with E-state index in [-0.39, 0.29) is 6.42 Å². The summed E-state index contributed by atoms with van der Waals surface area (Å²) in [6.45, 7) is 1.88. The van der Waals surface area contributed by atoms with E-state index in [4.69, 9.17) is 15.3 Å². The lowest BCUT2D eigenvalue weighted by atomic mass is 10.1. The average Bonchev–Trinajstić information content (AvgIpc) is 3.18. The third-order valence-electron chi connectivity index (χ3n) is 4.40. The number of hydrogen-bond donors (Lipinski definition) is 7. The molecule has 0 aromatic carbocycles. The van der Waals surface area contributed by atoms with E-state index in [0.29, 0.717) is 13.0 Å². The van der Waals surface area contributed by atoms with Crippen molar-refractivity contribution in [1.82, 2.24) is 21.3 Å².